The van der Waals surface area contributed by atoms with E-state index in [1.165, 1.54) is 11.1 Å². The standard InChI is InChI=1S/C25H34N2O2S/c1-18(2)14-26-25(29)21(5)27(15-22-11-8-9-19(3)13-22)24(28)17-30-16-23-12-7-6-10-20(23)4/h6-13,18,21H,14-17H2,1-5H3,(H,26,29)/t21-/m0/s1. The van der Waals surface area contributed by atoms with E-state index in [1.807, 2.05) is 44.2 Å². The molecule has 162 valence electrons. The lowest BCUT2D eigenvalue weighted by molar-refractivity contribution is -0.138. The van der Waals surface area contributed by atoms with Crippen LogP contribution < -0.4 is 5.32 Å². The summed E-state index contributed by atoms with van der Waals surface area (Å²) in [4.78, 5) is 27.5. The average molecular weight is 427 g/mol. The first-order chi connectivity index (χ1) is 14.3. The van der Waals surface area contributed by atoms with Crippen LogP contribution in [0.2, 0.25) is 0 Å². The maximum Gasteiger partial charge on any atom is 0.242 e. The number of benzene rings is 2. The van der Waals surface area contributed by atoms with Gasteiger partial charge in [0.15, 0.2) is 0 Å². The van der Waals surface area contributed by atoms with Gasteiger partial charge in [-0.3, -0.25) is 9.59 Å². The molecule has 0 bridgehead atoms. The molecule has 2 rings (SSSR count). The third-order valence-corrected chi connectivity index (χ3v) is 6.00. The Morgan fingerprint density at radius 3 is 2.43 bits per heavy atom. The minimum absolute atomic E-state index is 0.0118. The highest BCUT2D eigenvalue weighted by Gasteiger charge is 2.26. The molecule has 0 aromatic heterocycles. The number of hydrogen-bond acceptors (Lipinski definition) is 3. The van der Waals surface area contributed by atoms with Crippen LogP contribution in [-0.2, 0) is 21.9 Å². The van der Waals surface area contributed by atoms with Crippen molar-refractivity contribution in [2.24, 2.45) is 5.92 Å². The first kappa shape index (κ1) is 24.0. The van der Waals surface area contributed by atoms with Crippen LogP contribution in [0.3, 0.4) is 0 Å². The number of amides is 2. The molecule has 4 nitrogen and oxygen atoms in total. The summed E-state index contributed by atoms with van der Waals surface area (Å²) in [5, 5.41) is 2.96. The summed E-state index contributed by atoms with van der Waals surface area (Å²) in [7, 11) is 0. The summed E-state index contributed by atoms with van der Waals surface area (Å²) >= 11 is 1.60. The fourth-order valence-electron chi connectivity index (χ4n) is 3.15. The van der Waals surface area contributed by atoms with Gasteiger partial charge in [-0.05, 0) is 43.4 Å². The molecular weight excluding hydrogens is 392 g/mol. The van der Waals surface area contributed by atoms with E-state index in [4.69, 9.17) is 0 Å². The van der Waals surface area contributed by atoms with Gasteiger partial charge in [0.1, 0.15) is 6.04 Å². The lowest BCUT2D eigenvalue weighted by Crippen LogP contribution is -2.48. The van der Waals surface area contributed by atoms with Gasteiger partial charge in [-0.1, -0.05) is 67.9 Å². The first-order valence-electron chi connectivity index (χ1n) is 10.5. The van der Waals surface area contributed by atoms with E-state index in [0.29, 0.717) is 24.8 Å². The molecule has 0 heterocycles. The number of aryl methyl sites for hydroxylation is 2. The molecule has 0 unspecified atom stereocenters. The molecule has 0 fully saturated rings. The Balaban J connectivity index is 2.07. The zero-order chi connectivity index (χ0) is 22.1. The Kier molecular flexibility index (Phi) is 9.44. The topological polar surface area (TPSA) is 49.4 Å². The zero-order valence-corrected chi connectivity index (χ0v) is 19.6. The lowest BCUT2D eigenvalue weighted by atomic mass is 10.1. The molecule has 0 saturated heterocycles. The number of nitrogens with zero attached hydrogens (tertiary/aromatic N) is 1. The molecule has 0 aliphatic carbocycles. The van der Waals surface area contributed by atoms with Gasteiger partial charge in [0.2, 0.25) is 11.8 Å². The van der Waals surface area contributed by atoms with Crippen molar-refractivity contribution in [3.63, 3.8) is 0 Å². The van der Waals surface area contributed by atoms with Crippen molar-refractivity contribution in [1.29, 1.82) is 0 Å². The quantitative estimate of drug-likeness (QED) is 0.598. The number of carbonyl (C=O) groups excluding carboxylic acids is 2. The van der Waals surface area contributed by atoms with Crippen LogP contribution in [0.1, 0.15) is 43.0 Å². The molecular formula is C25H34N2O2S. The number of rotatable bonds is 10. The Morgan fingerprint density at radius 2 is 1.77 bits per heavy atom. The highest BCUT2D eigenvalue weighted by molar-refractivity contribution is 7.99. The molecule has 0 saturated carbocycles. The van der Waals surface area contributed by atoms with Crippen molar-refractivity contribution in [2.45, 2.75) is 53.0 Å². The second kappa shape index (κ2) is 11.8. The fraction of sp³-hybridized carbons (Fsp3) is 0.440. The van der Waals surface area contributed by atoms with Gasteiger partial charge in [-0.15, -0.1) is 11.8 Å². The summed E-state index contributed by atoms with van der Waals surface area (Å²) in [6, 6.07) is 15.8. The molecule has 2 aromatic carbocycles. The maximum absolute atomic E-state index is 13.1. The van der Waals surface area contributed by atoms with E-state index in [-0.39, 0.29) is 11.8 Å². The van der Waals surface area contributed by atoms with Gasteiger partial charge in [0.05, 0.1) is 5.75 Å². The summed E-state index contributed by atoms with van der Waals surface area (Å²) in [5.74, 6) is 1.38. The highest BCUT2D eigenvalue weighted by Crippen LogP contribution is 2.18. The highest BCUT2D eigenvalue weighted by atomic mass is 32.2. The summed E-state index contributed by atoms with van der Waals surface area (Å²) in [6.45, 7) is 11.1. The minimum atomic E-state index is -0.518. The van der Waals surface area contributed by atoms with E-state index in [2.05, 4.69) is 44.3 Å². The van der Waals surface area contributed by atoms with Gasteiger partial charge in [-0.25, -0.2) is 0 Å². The van der Waals surface area contributed by atoms with Crippen LogP contribution in [0.25, 0.3) is 0 Å². The van der Waals surface area contributed by atoms with E-state index in [0.717, 1.165) is 16.9 Å². The Morgan fingerprint density at radius 1 is 1.03 bits per heavy atom. The maximum atomic E-state index is 13.1. The third-order valence-electron chi connectivity index (χ3n) is 5.03. The van der Waals surface area contributed by atoms with E-state index >= 15 is 0 Å². The summed E-state index contributed by atoms with van der Waals surface area (Å²) < 4.78 is 0. The van der Waals surface area contributed by atoms with Crippen LogP contribution in [0.4, 0.5) is 0 Å². The Labute approximate surface area is 185 Å². The van der Waals surface area contributed by atoms with Crippen LogP contribution >= 0.6 is 11.8 Å². The molecule has 1 N–H and O–H groups in total. The van der Waals surface area contributed by atoms with Crippen molar-refractivity contribution in [1.82, 2.24) is 10.2 Å². The van der Waals surface area contributed by atoms with E-state index in [9.17, 15) is 9.59 Å². The van der Waals surface area contributed by atoms with E-state index < -0.39 is 6.04 Å². The molecule has 2 aromatic rings. The third kappa shape index (κ3) is 7.52. The number of hydrogen-bond donors (Lipinski definition) is 1. The normalized spacial score (nSPS) is 11.9. The molecule has 1 atom stereocenters. The van der Waals surface area contributed by atoms with E-state index in [1.54, 1.807) is 16.7 Å². The largest absolute Gasteiger partial charge is 0.354 e. The average Bonchev–Trinajstić information content (AvgIpc) is 2.71. The predicted molar refractivity (Wildman–Crippen MR) is 126 cm³/mol. The molecule has 0 spiro atoms. The monoisotopic (exact) mass is 426 g/mol. The number of nitrogens with one attached hydrogen (secondary N) is 1. The summed E-state index contributed by atoms with van der Waals surface area (Å²) in [5.41, 5.74) is 4.65. The van der Waals surface area contributed by atoms with Crippen LogP contribution in [-0.4, -0.2) is 35.1 Å². The molecule has 30 heavy (non-hydrogen) atoms. The van der Waals surface area contributed by atoms with Crippen LogP contribution in [0, 0.1) is 19.8 Å². The van der Waals surface area contributed by atoms with Crippen molar-refractivity contribution in [2.75, 3.05) is 12.3 Å². The molecule has 0 aliphatic heterocycles. The van der Waals surface area contributed by atoms with Gasteiger partial charge in [-0.2, -0.15) is 0 Å². The SMILES string of the molecule is Cc1cccc(CN(C(=O)CSCc2ccccc2C)[C@@H](C)C(=O)NCC(C)C)c1. The van der Waals surface area contributed by atoms with Crippen molar-refractivity contribution in [3.8, 4) is 0 Å². The first-order valence-corrected chi connectivity index (χ1v) is 11.7. The minimum Gasteiger partial charge on any atom is -0.354 e. The van der Waals surface area contributed by atoms with Crippen molar-refractivity contribution in [3.05, 3.63) is 70.8 Å². The Bertz CT molecular complexity index is 851. The Hall–Kier alpha value is -2.27. The van der Waals surface area contributed by atoms with Crippen molar-refractivity contribution < 1.29 is 9.59 Å². The second-order valence-electron chi connectivity index (χ2n) is 8.24. The van der Waals surface area contributed by atoms with Gasteiger partial charge in [0.25, 0.3) is 0 Å². The number of thioether (sulfide) groups is 1. The fourth-order valence-corrected chi connectivity index (χ4v) is 4.13. The van der Waals surface area contributed by atoms with Crippen LogP contribution in [0.15, 0.2) is 48.5 Å². The molecule has 0 radical (unpaired) electrons. The molecule has 5 heteroatoms. The molecule has 0 aliphatic rings. The smallest absolute Gasteiger partial charge is 0.242 e. The summed E-state index contributed by atoms with van der Waals surface area (Å²) in [6.07, 6.45) is 0. The van der Waals surface area contributed by atoms with Crippen molar-refractivity contribution >= 4 is 23.6 Å². The predicted octanol–water partition coefficient (Wildman–Crippen LogP) is 4.73. The van der Waals surface area contributed by atoms with Crippen LogP contribution in [0.5, 0.6) is 0 Å². The van der Waals surface area contributed by atoms with Gasteiger partial charge in [0, 0.05) is 18.8 Å². The van der Waals surface area contributed by atoms with Gasteiger partial charge >= 0.3 is 0 Å². The van der Waals surface area contributed by atoms with Gasteiger partial charge < -0.3 is 10.2 Å². The molecule has 2 amide bonds. The number of carbonyl (C=O) groups is 2. The zero-order valence-electron chi connectivity index (χ0n) is 18.8. The lowest BCUT2D eigenvalue weighted by Gasteiger charge is -2.29. The second-order valence-corrected chi connectivity index (χ2v) is 9.23.